The van der Waals surface area contributed by atoms with E-state index in [-0.39, 0.29) is 23.2 Å². The highest BCUT2D eigenvalue weighted by Crippen LogP contribution is 2.26. The maximum atomic E-state index is 12.2. The first-order valence-electron chi connectivity index (χ1n) is 7.51. The van der Waals surface area contributed by atoms with Crippen LogP contribution in [-0.4, -0.2) is 17.6 Å². The van der Waals surface area contributed by atoms with Crippen LogP contribution < -0.4 is 14.9 Å². The molecule has 1 aromatic carbocycles. The molecule has 0 bridgehead atoms. The molecule has 0 aliphatic carbocycles. The van der Waals surface area contributed by atoms with Gasteiger partial charge in [0.25, 0.3) is 0 Å². The predicted molar refractivity (Wildman–Crippen MR) is 92.2 cm³/mol. The lowest BCUT2D eigenvalue weighted by molar-refractivity contribution is -0.121. The Morgan fingerprint density at radius 3 is 2.74 bits per heavy atom. The van der Waals surface area contributed by atoms with Crippen LogP contribution in [0.15, 0.2) is 28.4 Å². The van der Waals surface area contributed by atoms with Crippen LogP contribution in [0.4, 0.5) is 0 Å². The first-order chi connectivity index (χ1) is 10.9. The van der Waals surface area contributed by atoms with E-state index < -0.39 is 0 Å². The van der Waals surface area contributed by atoms with E-state index in [1.165, 1.54) is 0 Å². The highest BCUT2D eigenvalue weighted by Gasteiger charge is 2.15. The van der Waals surface area contributed by atoms with Crippen LogP contribution in [0.1, 0.15) is 36.2 Å². The summed E-state index contributed by atoms with van der Waals surface area (Å²) in [6, 6.07) is 5.74. The summed E-state index contributed by atoms with van der Waals surface area (Å²) in [5, 5.41) is 4.77. The SMILES string of the molecule is COc1ccc(C)cc1[C@@H](C)NC(=O)CCn1c(C)csc1=O. The summed E-state index contributed by atoms with van der Waals surface area (Å²) in [5.74, 6) is 0.673. The molecule has 2 aromatic rings. The van der Waals surface area contributed by atoms with Gasteiger partial charge in [0.1, 0.15) is 5.75 Å². The molecule has 0 fully saturated rings. The van der Waals surface area contributed by atoms with Crippen LogP contribution in [-0.2, 0) is 11.3 Å². The lowest BCUT2D eigenvalue weighted by Crippen LogP contribution is -2.29. The summed E-state index contributed by atoms with van der Waals surface area (Å²) in [5.41, 5.74) is 2.95. The van der Waals surface area contributed by atoms with Gasteiger partial charge in [0.15, 0.2) is 0 Å². The van der Waals surface area contributed by atoms with Crippen molar-refractivity contribution >= 4 is 17.2 Å². The van der Waals surface area contributed by atoms with E-state index in [2.05, 4.69) is 5.32 Å². The number of thiazole rings is 1. The van der Waals surface area contributed by atoms with Gasteiger partial charge in [-0.1, -0.05) is 29.0 Å². The molecule has 0 unspecified atom stereocenters. The standard InChI is InChI=1S/C17H22N2O3S/c1-11-5-6-15(22-4)14(9-11)13(3)18-16(20)7-8-19-12(2)10-23-17(19)21/h5-6,9-10,13H,7-8H2,1-4H3,(H,18,20)/t13-/m1/s1. The molecule has 0 aliphatic heterocycles. The highest BCUT2D eigenvalue weighted by molar-refractivity contribution is 7.07. The molecule has 1 heterocycles. The van der Waals surface area contributed by atoms with Crippen molar-refractivity contribution in [2.24, 2.45) is 0 Å². The van der Waals surface area contributed by atoms with Crippen molar-refractivity contribution < 1.29 is 9.53 Å². The second kappa shape index (κ2) is 7.46. The number of rotatable bonds is 6. The fourth-order valence-electron chi connectivity index (χ4n) is 2.47. The quantitative estimate of drug-likeness (QED) is 0.884. The third kappa shape index (κ3) is 4.22. The summed E-state index contributed by atoms with van der Waals surface area (Å²) >= 11 is 1.16. The van der Waals surface area contributed by atoms with Crippen molar-refractivity contribution in [3.05, 3.63) is 50.1 Å². The van der Waals surface area contributed by atoms with Gasteiger partial charge in [-0.05, 0) is 26.8 Å². The topological polar surface area (TPSA) is 60.3 Å². The molecule has 1 amide bonds. The third-order valence-electron chi connectivity index (χ3n) is 3.77. The third-order valence-corrected chi connectivity index (χ3v) is 4.65. The van der Waals surface area contributed by atoms with Crippen LogP contribution in [0.3, 0.4) is 0 Å². The summed E-state index contributed by atoms with van der Waals surface area (Å²) in [6.45, 7) is 6.20. The van der Waals surface area contributed by atoms with Crippen molar-refractivity contribution in [1.29, 1.82) is 0 Å². The first kappa shape index (κ1) is 17.3. The molecule has 5 nitrogen and oxygen atoms in total. The van der Waals surface area contributed by atoms with Crippen molar-refractivity contribution in [3.8, 4) is 5.75 Å². The Bertz CT molecular complexity index is 749. The molecule has 0 aliphatic rings. The van der Waals surface area contributed by atoms with Gasteiger partial charge < -0.3 is 14.6 Å². The lowest BCUT2D eigenvalue weighted by Gasteiger charge is -2.18. The maximum Gasteiger partial charge on any atom is 0.307 e. The molecule has 0 spiro atoms. The number of methoxy groups -OCH3 is 1. The molecule has 1 aromatic heterocycles. The lowest BCUT2D eigenvalue weighted by atomic mass is 10.0. The van der Waals surface area contributed by atoms with E-state index in [0.29, 0.717) is 6.54 Å². The van der Waals surface area contributed by atoms with E-state index in [0.717, 1.165) is 33.9 Å². The smallest absolute Gasteiger partial charge is 0.307 e. The van der Waals surface area contributed by atoms with E-state index >= 15 is 0 Å². The largest absolute Gasteiger partial charge is 0.496 e. The number of benzene rings is 1. The van der Waals surface area contributed by atoms with E-state index in [1.54, 1.807) is 17.1 Å². The fraction of sp³-hybridized carbons (Fsp3) is 0.412. The van der Waals surface area contributed by atoms with Crippen LogP contribution >= 0.6 is 11.3 Å². The Balaban J connectivity index is 2.00. The Labute approximate surface area is 139 Å². The number of aryl methyl sites for hydroxylation is 2. The van der Waals surface area contributed by atoms with Gasteiger partial charge in [0.05, 0.1) is 13.2 Å². The monoisotopic (exact) mass is 334 g/mol. The molecule has 23 heavy (non-hydrogen) atoms. The van der Waals surface area contributed by atoms with Crippen molar-refractivity contribution in [1.82, 2.24) is 9.88 Å². The van der Waals surface area contributed by atoms with Gasteiger partial charge in [-0.2, -0.15) is 0 Å². The first-order valence-corrected chi connectivity index (χ1v) is 8.39. The number of carbonyl (C=O) groups excluding carboxylic acids is 1. The van der Waals surface area contributed by atoms with Gasteiger partial charge in [0, 0.05) is 29.6 Å². The summed E-state index contributed by atoms with van der Waals surface area (Å²) in [7, 11) is 1.62. The van der Waals surface area contributed by atoms with Crippen molar-refractivity contribution in [2.75, 3.05) is 7.11 Å². The molecule has 124 valence electrons. The molecular weight excluding hydrogens is 312 g/mol. The highest BCUT2D eigenvalue weighted by atomic mass is 32.1. The number of hydrogen-bond donors (Lipinski definition) is 1. The number of aromatic nitrogens is 1. The van der Waals surface area contributed by atoms with Crippen LogP contribution in [0.2, 0.25) is 0 Å². The Morgan fingerprint density at radius 1 is 1.39 bits per heavy atom. The van der Waals surface area contributed by atoms with Crippen molar-refractivity contribution in [2.45, 2.75) is 39.8 Å². The minimum Gasteiger partial charge on any atom is -0.496 e. The Kier molecular flexibility index (Phi) is 5.60. The maximum absolute atomic E-state index is 12.2. The van der Waals surface area contributed by atoms with E-state index in [4.69, 9.17) is 4.74 Å². The van der Waals surface area contributed by atoms with E-state index in [9.17, 15) is 9.59 Å². The number of nitrogens with one attached hydrogen (secondary N) is 1. The number of amides is 1. The van der Waals surface area contributed by atoms with Crippen LogP contribution in [0.25, 0.3) is 0 Å². The molecule has 1 N–H and O–H groups in total. The molecule has 0 saturated heterocycles. The number of ether oxygens (including phenoxy) is 1. The number of carbonyl (C=O) groups is 1. The average Bonchev–Trinajstić information content (AvgIpc) is 2.83. The zero-order valence-corrected chi connectivity index (χ0v) is 14.7. The Hall–Kier alpha value is -2.08. The van der Waals surface area contributed by atoms with E-state index in [1.807, 2.05) is 39.0 Å². The van der Waals surface area contributed by atoms with Gasteiger partial charge in [-0.15, -0.1) is 0 Å². The van der Waals surface area contributed by atoms with Crippen LogP contribution in [0.5, 0.6) is 5.75 Å². The molecule has 6 heteroatoms. The van der Waals surface area contributed by atoms with Gasteiger partial charge in [-0.3, -0.25) is 9.59 Å². The summed E-state index contributed by atoms with van der Waals surface area (Å²) < 4.78 is 6.99. The number of hydrogen-bond acceptors (Lipinski definition) is 4. The minimum absolute atomic E-state index is 0.0244. The Morgan fingerprint density at radius 2 is 2.13 bits per heavy atom. The second-order valence-electron chi connectivity index (χ2n) is 5.58. The normalized spacial score (nSPS) is 12.0. The van der Waals surface area contributed by atoms with Crippen molar-refractivity contribution in [3.63, 3.8) is 0 Å². The molecule has 0 radical (unpaired) electrons. The second-order valence-corrected chi connectivity index (χ2v) is 6.40. The average molecular weight is 334 g/mol. The summed E-state index contributed by atoms with van der Waals surface area (Å²) in [6.07, 6.45) is 0.274. The fourth-order valence-corrected chi connectivity index (χ4v) is 3.23. The molecule has 2 rings (SSSR count). The zero-order chi connectivity index (χ0) is 17.0. The predicted octanol–water partition coefficient (Wildman–Crippen LogP) is 2.80. The van der Waals surface area contributed by atoms with Gasteiger partial charge in [0.2, 0.25) is 5.91 Å². The van der Waals surface area contributed by atoms with Crippen LogP contribution in [0, 0.1) is 13.8 Å². The molecule has 1 atom stereocenters. The summed E-state index contributed by atoms with van der Waals surface area (Å²) in [4.78, 5) is 23.8. The van der Waals surface area contributed by atoms with Gasteiger partial charge >= 0.3 is 4.87 Å². The molecule has 0 saturated carbocycles. The zero-order valence-electron chi connectivity index (χ0n) is 13.9. The number of nitrogens with zero attached hydrogens (tertiary/aromatic N) is 1. The molecular formula is C17H22N2O3S. The minimum atomic E-state index is -0.155. The van der Waals surface area contributed by atoms with Gasteiger partial charge in [-0.25, -0.2) is 0 Å².